The molecule has 1 amide bonds. The molecule has 4 nitrogen and oxygen atoms in total. The first-order chi connectivity index (χ1) is 13.8. The van der Waals surface area contributed by atoms with Crippen molar-refractivity contribution in [3.63, 3.8) is 0 Å². The second-order valence-electron chi connectivity index (χ2n) is 7.93. The van der Waals surface area contributed by atoms with Gasteiger partial charge in [-0.1, -0.05) is 31.5 Å². The van der Waals surface area contributed by atoms with Gasteiger partial charge in [0.1, 0.15) is 5.75 Å². The molecule has 0 aliphatic carbocycles. The molecular weight excluding hydrogens is 360 g/mol. The first kappa shape index (κ1) is 20.7. The highest BCUT2D eigenvalue weighted by Gasteiger charge is 2.21. The number of amides is 1. The van der Waals surface area contributed by atoms with Gasteiger partial charge in [0, 0.05) is 17.4 Å². The minimum atomic E-state index is -0.0377. The molecule has 4 heteroatoms. The summed E-state index contributed by atoms with van der Waals surface area (Å²) in [6.07, 6.45) is 0. The molecule has 1 heterocycles. The number of benzene rings is 2. The van der Waals surface area contributed by atoms with Crippen LogP contribution in [0.1, 0.15) is 42.4 Å². The lowest BCUT2D eigenvalue weighted by Gasteiger charge is -2.17. The molecule has 3 rings (SSSR count). The summed E-state index contributed by atoms with van der Waals surface area (Å²) in [5.41, 5.74) is 5.88. The zero-order valence-electron chi connectivity index (χ0n) is 18.1. The van der Waals surface area contributed by atoms with Gasteiger partial charge in [0.2, 0.25) is 0 Å². The first-order valence-electron chi connectivity index (χ1n) is 10.1. The molecule has 0 aliphatic heterocycles. The van der Waals surface area contributed by atoms with Gasteiger partial charge in [-0.05, 0) is 74.7 Å². The summed E-state index contributed by atoms with van der Waals surface area (Å²) >= 11 is 0. The Bertz CT molecular complexity index is 983. The standard InChI is InChI=1S/C25H30N2O2/c1-16(2)18(4)26-25(28)23-15-24(20-9-13-22(29-6)14-10-20)27(19(23)5)21-11-7-17(3)8-12-21/h7-16,18H,1-6H3,(H,26,28)/t18-/m1/s1. The molecule has 1 N–H and O–H groups in total. The Hall–Kier alpha value is -3.01. The van der Waals surface area contributed by atoms with E-state index in [4.69, 9.17) is 4.74 Å². The van der Waals surface area contributed by atoms with Crippen molar-refractivity contribution in [3.8, 4) is 22.7 Å². The van der Waals surface area contributed by atoms with Crippen molar-refractivity contribution in [3.05, 3.63) is 71.4 Å². The van der Waals surface area contributed by atoms with E-state index in [1.807, 2.05) is 44.2 Å². The molecule has 0 unspecified atom stereocenters. The summed E-state index contributed by atoms with van der Waals surface area (Å²) in [5.74, 6) is 1.14. The van der Waals surface area contributed by atoms with Gasteiger partial charge in [-0.2, -0.15) is 0 Å². The topological polar surface area (TPSA) is 43.3 Å². The molecule has 0 aliphatic rings. The number of methoxy groups -OCH3 is 1. The van der Waals surface area contributed by atoms with Crippen LogP contribution in [0.25, 0.3) is 16.9 Å². The summed E-state index contributed by atoms with van der Waals surface area (Å²) in [7, 11) is 1.66. The summed E-state index contributed by atoms with van der Waals surface area (Å²) in [4.78, 5) is 13.0. The molecule has 2 aromatic carbocycles. The summed E-state index contributed by atoms with van der Waals surface area (Å²) in [6.45, 7) is 10.3. The van der Waals surface area contributed by atoms with Crippen molar-refractivity contribution in [1.82, 2.24) is 9.88 Å². The number of nitrogens with one attached hydrogen (secondary N) is 1. The van der Waals surface area contributed by atoms with Gasteiger partial charge in [-0.25, -0.2) is 0 Å². The van der Waals surface area contributed by atoms with Crippen LogP contribution in [0, 0.1) is 19.8 Å². The summed E-state index contributed by atoms with van der Waals surface area (Å²) in [5, 5.41) is 3.14. The molecule has 0 bridgehead atoms. The fourth-order valence-electron chi connectivity index (χ4n) is 3.29. The SMILES string of the molecule is COc1ccc(-c2cc(C(=O)N[C@H](C)C(C)C)c(C)n2-c2ccc(C)cc2)cc1. The Morgan fingerprint density at radius 2 is 1.59 bits per heavy atom. The Labute approximate surface area is 173 Å². The number of nitrogens with zero attached hydrogens (tertiary/aromatic N) is 1. The molecule has 0 fully saturated rings. The lowest BCUT2D eigenvalue weighted by atomic mass is 10.1. The maximum absolute atomic E-state index is 13.0. The molecule has 29 heavy (non-hydrogen) atoms. The van der Waals surface area contributed by atoms with E-state index in [1.165, 1.54) is 5.56 Å². The average molecular weight is 391 g/mol. The third kappa shape index (κ3) is 4.37. The van der Waals surface area contributed by atoms with E-state index in [1.54, 1.807) is 7.11 Å². The van der Waals surface area contributed by atoms with Crippen molar-refractivity contribution >= 4 is 5.91 Å². The number of aryl methyl sites for hydroxylation is 1. The molecule has 0 radical (unpaired) electrons. The lowest BCUT2D eigenvalue weighted by molar-refractivity contribution is 0.0930. The average Bonchev–Trinajstić information content (AvgIpc) is 3.06. The Morgan fingerprint density at radius 1 is 0.966 bits per heavy atom. The number of aromatic nitrogens is 1. The Morgan fingerprint density at radius 3 is 2.14 bits per heavy atom. The van der Waals surface area contributed by atoms with Gasteiger partial charge in [0.15, 0.2) is 0 Å². The molecule has 152 valence electrons. The smallest absolute Gasteiger partial charge is 0.253 e. The second kappa shape index (κ2) is 8.56. The van der Waals surface area contributed by atoms with Gasteiger partial charge in [0.05, 0.1) is 18.4 Å². The number of ether oxygens (including phenoxy) is 1. The molecule has 1 atom stereocenters. The normalized spacial score (nSPS) is 12.1. The molecular formula is C25H30N2O2. The molecule has 0 spiro atoms. The number of rotatable bonds is 6. The van der Waals surface area contributed by atoms with E-state index < -0.39 is 0 Å². The number of carbonyl (C=O) groups excluding carboxylic acids is 1. The number of carbonyl (C=O) groups is 1. The van der Waals surface area contributed by atoms with Crippen molar-refractivity contribution in [2.24, 2.45) is 5.92 Å². The zero-order chi connectivity index (χ0) is 21.1. The van der Waals surface area contributed by atoms with E-state index in [0.29, 0.717) is 11.5 Å². The lowest BCUT2D eigenvalue weighted by Crippen LogP contribution is -2.36. The second-order valence-corrected chi connectivity index (χ2v) is 7.93. The number of hydrogen-bond donors (Lipinski definition) is 1. The van der Waals surface area contributed by atoms with E-state index in [0.717, 1.165) is 28.4 Å². The highest BCUT2D eigenvalue weighted by molar-refractivity contribution is 5.97. The van der Waals surface area contributed by atoms with Gasteiger partial charge in [-0.3, -0.25) is 4.79 Å². The monoisotopic (exact) mass is 390 g/mol. The summed E-state index contributed by atoms with van der Waals surface area (Å²) < 4.78 is 7.44. The van der Waals surface area contributed by atoms with E-state index >= 15 is 0 Å². The Kier molecular flexibility index (Phi) is 6.12. The third-order valence-electron chi connectivity index (χ3n) is 5.53. The first-order valence-corrected chi connectivity index (χ1v) is 10.1. The van der Waals surface area contributed by atoms with Crippen molar-refractivity contribution < 1.29 is 9.53 Å². The largest absolute Gasteiger partial charge is 0.497 e. The quantitative estimate of drug-likeness (QED) is 0.600. The molecule has 1 aromatic heterocycles. The summed E-state index contributed by atoms with van der Waals surface area (Å²) in [6, 6.07) is 18.4. The van der Waals surface area contributed by atoms with Crippen LogP contribution in [0.15, 0.2) is 54.6 Å². The van der Waals surface area contributed by atoms with Crippen LogP contribution in [0.3, 0.4) is 0 Å². The van der Waals surface area contributed by atoms with Crippen LogP contribution in [0.2, 0.25) is 0 Å². The Balaban J connectivity index is 2.12. The zero-order valence-corrected chi connectivity index (χ0v) is 18.1. The van der Waals surface area contributed by atoms with Crippen LogP contribution in [0.5, 0.6) is 5.75 Å². The molecule has 3 aromatic rings. The van der Waals surface area contributed by atoms with E-state index in [9.17, 15) is 4.79 Å². The molecule has 0 saturated heterocycles. The van der Waals surface area contributed by atoms with Crippen LogP contribution in [-0.4, -0.2) is 23.6 Å². The number of hydrogen-bond acceptors (Lipinski definition) is 2. The van der Waals surface area contributed by atoms with Gasteiger partial charge >= 0.3 is 0 Å². The van der Waals surface area contributed by atoms with E-state index in [-0.39, 0.29) is 11.9 Å². The maximum atomic E-state index is 13.0. The highest BCUT2D eigenvalue weighted by atomic mass is 16.5. The van der Waals surface area contributed by atoms with Crippen LogP contribution in [0.4, 0.5) is 0 Å². The fourth-order valence-corrected chi connectivity index (χ4v) is 3.29. The van der Waals surface area contributed by atoms with Crippen molar-refractivity contribution in [1.29, 1.82) is 0 Å². The van der Waals surface area contributed by atoms with Gasteiger partial charge in [-0.15, -0.1) is 0 Å². The van der Waals surface area contributed by atoms with E-state index in [2.05, 4.69) is 54.9 Å². The third-order valence-corrected chi connectivity index (χ3v) is 5.53. The fraction of sp³-hybridized carbons (Fsp3) is 0.320. The van der Waals surface area contributed by atoms with Gasteiger partial charge in [0.25, 0.3) is 5.91 Å². The minimum Gasteiger partial charge on any atom is -0.497 e. The van der Waals surface area contributed by atoms with Crippen molar-refractivity contribution in [2.45, 2.75) is 40.7 Å². The predicted octanol–water partition coefficient (Wildman–Crippen LogP) is 5.54. The maximum Gasteiger partial charge on any atom is 0.253 e. The van der Waals surface area contributed by atoms with Crippen LogP contribution >= 0.6 is 0 Å². The molecule has 0 saturated carbocycles. The minimum absolute atomic E-state index is 0.0377. The highest BCUT2D eigenvalue weighted by Crippen LogP contribution is 2.31. The van der Waals surface area contributed by atoms with Crippen LogP contribution in [-0.2, 0) is 0 Å². The predicted molar refractivity (Wildman–Crippen MR) is 119 cm³/mol. The van der Waals surface area contributed by atoms with Gasteiger partial charge < -0.3 is 14.6 Å². The van der Waals surface area contributed by atoms with Crippen molar-refractivity contribution in [2.75, 3.05) is 7.11 Å². The van der Waals surface area contributed by atoms with Crippen LogP contribution < -0.4 is 10.1 Å².